The molecule has 1 heterocycles. The maximum absolute atomic E-state index is 12.6. The van der Waals surface area contributed by atoms with Gasteiger partial charge in [-0.3, -0.25) is 9.69 Å². The standard InChI is InChI=1S/C18H33N3O2/c1-8-12-21(11-4)18(7,10-3)14(6)19-17(22)16-13(5)15(9-2)23-20-16/h14H,8-12H2,1-7H3,(H,19,22). The number of nitrogens with zero attached hydrogens (tertiary/aromatic N) is 2. The van der Waals surface area contributed by atoms with Crippen molar-refractivity contribution in [1.82, 2.24) is 15.4 Å². The van der Waals surface area contributed by atoms with Gasteiger partial charge in [0.1, 0.15) is 5.76 Å². The Balaban J connectivity index is 2.92. The Bertz CT molecular complexity index is 512. The molecule has 0 bridgehead atoms. The average molecular weight is 323 g/mol. The number of nitrogens with one attached hydrogen (secondary N) is 1. The molecule has 1 rings (SSSR count). The van der Waals surface area contributed by atoms with E-state index in [-0.39, 0.29) is 17.5 Å². The Morgan fingerprint density at radius 2 is 2.00 bits per heavy atom. The summed E-state index contributed by atoms with van der Waals surface area (Å²) in [6.45, 7) is 16.7. The molecule has 0 spiro atoms. The predicted molar refractivity (Wildman–Crippen MR) is 93.8 cm³/mol. The number of carbonyl (C=O) groups is 1. The van der Waals surface area contributed by atoms with Gasteiger partial charge in [-0.25, -0.2) is 0 Å². The first-order valence-corrected chi connectivity index (χ1v) is 8.86. The first kappa shape index (κ1) is 19.7. The molecule has 2 unspecified atom stereocenters. The zero-order valence-electron chi connectivity index (χ0n) is 15.8. The van der Waals surface area contributed by atoms with E-state index in [4.69, 9.17) is 4.52 Å². The molecule has 0 radical (unpaired) electrons. The van der Waals surface area contributed by atoms with E-state index < -0.39 is 0 Å². The topological polar surface area (TPSA) is 58.4 Å². The Morgan fingerprint density at radius 3 is 2.43 bits per heavy atom. The van der Waals surface area contributed by atoms with Crippen LogP contribution >= 0.6 is 0 Å². The fourth-order valence-corrected chi connectivity index (χ4v) is 3.18. The third kappa shape index (κ3) is 4.14. The van der Waals surface area contributed by atoms with Gasteiger partial charge >= 0.3 is 0 Å². The quantitative estimate of drug-likeness (QED) is 0.755. The highest BCUT2D eigenvalue weighted by atomic mass is 16.5. The number of carbonyl (C=O) groups excluding carboxylic acids is 1. The third-order valence-electron chi connectivity index (χ3n) is 5.15. The largest absolute Gasteiger partial charge is 0.360 e. The smallest absolute Gasteiger partial charge is 0.274 e. The Morgan fingerprint density at radius 1 is 1.35 bits per heavy atom. The van der Waals surface area contributed by atoms with Crippen LogP contribution in [0.2, 0.25) is 0 Å². The monoisotopic (exact) mass is 323 g/mol. The van der Waals surface area contributed by atoms with Crippen LogP contribution in [-0.2, 0) is 6.42 Å². The summed E-state index contributed by atoms with van der Waals surface area (Å²) in [5.74, 6) is 0.632. The van der Waals surface area contributed by atoms with Crippen molar-refractivity contribution in [3.05, 3.63) is 17.0 Å². The minimum absolute atomic E-state index is 0.0210. The molecule has 0 aliphatic heterocycles. The molecule has 23 heavy (non-hydrogen) atoms. The molecule has 1 N–H and O–H groups in total. The predicted octanol–water partition coefficient (Wildman–Crippen LogP) is 3.56. The number of hydrogen-bond acceptors (Lipinski definition) is 4. The lowest BCUT2D eigenvalue weighted by Gasteiger charge is -2.45. The highest BCUT2D eigenvalue weighted by Gasteiger charge is 2.36. The van der Waals surface area contributed by atoms with Crippen LogP contribution in [0.5, 0.6) is 0 Å². The summed E-state index contributed by atoms with van der Waals surface area (Å²) in [5, 5.41) is 7.08. The van der Waals surface area contributed by atoms with Crippen molar-refractivity contribution < 1.29 is 9.32 Å². The molecule has 0 aliphatic carbocycles. The van der Waals surface area contributed by atoms with Crippen LogP contribution in [-0.4, -0.2) is 40.6 Å². The molecule has 0 fully saturated rings. The molecule has 1 aromatic heterocycles. The molecule has 0 aromatic carbocycles. The molecule has 1 aromatic rings. The van der Waals surface area contributed by atoms with Gasteiger partial charge in [0.25, 0.3) is 5.91 Å². The summed E-state index contributed by atoms with van der Waals surface area (Å²) in [5.41, 5.74) is 1.17. The summed E-state index contributed by atoms with van der Waals surface area (Å²) >= 11 is 0. The lowest BCUT2D eigenvalue weighted by molar-refractivity contribution is 0.0617. The van der Waals surface area contributed by atoms with Crippen molar-refractivity contribution in [3.63, 3.8) is 0 Å². The normalized spacial score (nSPS) is 15.5. The molecule has 0 saturated carbocycles. The van der Waals surface area contributed by atoms with Crippen LogP contribution in [0, 0.1) is 6.92 Å². The molecule has 5 heteroatoms. The summed E-state index contributed by atoms with van der Waals surface area (Å²) in [6, 6.07) is 0.0210. The van der Waals surface area contributed by atoms with Crippen LogP contribution in [0.4, 0.5) is 0 Å². The van der Waals surface area contributed by atoms with Crippen LogP contribution < -0.4 is 5.32 Å². The number of aryl methyl sites for hydroxylation is 1. The Labute approximate surface area is 140 Å². The summed E-state index contributed by atoms with van der Waals surface area (Å²) in [6.07, 6.45) is 2.82. The number of rotatable bonds is 9. The van der Waals surface area contributed by atoms with Crippen molar-refractivity contribution in [2.24, 2.45) is 0 Å². The van der Waals surface area contributed by atoms with E-state index in [9.17, 15) is 4.79 Å². The van der Waals surface area contributed by atoms with Crippen LogP contribution in [0.1, 0.15) is 76.2 Å². The molecule has 0 saturated heterocycles. The van der Waals surface area contributed by atoms with E-state index in [0.717, 1.165) is 43.7 Å². The number of likely N-dealkylation sites (N-methyl/N-ethyl adjacent to an activating group) is 1. The molecule has 0 aliphatic rings. The SMILES string of the molecule is CCCN(CC)C(C)(CC)C(C)NC(=O)c1noc(CC)c1C. The number of aromatic nitrogens is 1. The van der Waals surface area contributed by atoms with Crippen molar-refractivity contribution in [3.8, 4) is 0 Å². The zero-order chi connectivity index (χ0) is 17.6. The highest BCUT2D eigenvalue weighted by molar-refractivity contribution is 5.93. The minimum atomic E-state index is -0.148. The second kappa shape index (κ2) is 8.48. The lowest BCUT2D eigenvalue weighted by atomic mass is 9.87. The Kier molecular flexibility index (Phi) is 7.26. The van der Waals surface area contributed by atoms with Crippen LogP contribution in [0.3, 0.4) is 0 Å². The molecule has 132 valence electrons. The molecule has 2 atom stereocenters. The van der Waals surface area contributed by atoms with Gasteiger partial charge in [0.2, 0.25) is 0 Å². The second-order valence-corrected chi connectivity index (χ2v) is 6.42. The van der Waals surface area contributed by atoms with Gasteiger partial charge in [-0.1, -0.05) is 32.9 Å². The lowest BCUT2D eigenvalue weighted by Crippen LogP contribution is -2.59. The van der Waals surface area contributed by atoms with Gasteiger partial charge in [0.05, 0.1) is 0 Å². The third-order valence-corrected chi connectivity index (χ3v) is 5.15. The summed E-state index contributed by atoms with van der Waals surface area (Å²) in [4.78, 5) is 15.0. The maximum atomic E-state index is 12.6. The fraction of sp³-hybridized carbons (Fsp3) is 0.778. The van der Waals surface area contributed by atoms with Crippen molar-refractivity contribution >= 4 is 5.91 Å². The maximum Gasteiger partial charge on any atom is 0.274 e. The van der Waals surface area contributed by atoms with E-state index in [2.05, 4.69) is 50.0 Å². The van der Waals surface area contributed by atoms with Gasteiger partial charge in [-0.2, -0.15) is 0 Å². The summed E-state index contributed by atoms with van der Waals surface area (Å²) < 4.78 is 5.25. The van der Waals surface area contributed by atoms with E-state index in [1.165, 1.54) is 0 Å². The van der Waals surface area contributed by atoms with Gasteiger partial charge in [0, 0.05) is 23.6 Å². The first-order chi connectivity index (χ1) is 10.8. The molecule has 1 amide bonds. The zero-order valence-corrected chi connectivity index (χ0v) is 15.8. The van der Waals surface area contributed by atoms with E-state index in [1.54, 1.807) is 0 Å². The summed E-state index contributed by atoms with van der Waals surface area (Å²) in [7, 11) is 0. The number of amides is 1. The van der Waals surface area contributed by atoms with Gasteiger partial charge < -0.3 is 9.84 Å². The Hall–Kier alpha value is -1.36. The van der Waals surface area contributed by atoms with E-state index in [1.807, 2.05) is 13.8 Å². The van der Waals surface area contributed by atoms with Crippen molar-refractivity contribution in [2.45, 2.75) is 79.3 Å². The van der Waals surface area contributed by atoms with E-state index in [0.29, 0.717) is 5.69 Å². The number of hydrogen-bond donors (Lipinski definition) is 1. The second-order valence-electron chi connectivity index (χ2n) is 6.42. The molecule has 5 nitrogen and oxygen atoms in total. The van der Waals surface area contributed by atoms with Gasteiger partial charge in [0.15, 0.2) is 5.69 Å². The fourth-order valence-electron chi connectivity index (χ4n) is 3.18. The molecular formula is C18H33N3O2. The van der Waals surface area contributed by atoms with Gasteiger partial charge in [-0.05, 0) is 46.7 Å². The van der Waals surface area contributed by atoms with Crippen LogP contribution in [0.25, 0.3) is 0 Å². The van der Waals surface area contributed by atoms with Crippen molar-refractivity contribution in [2.75, 3.05) is 13.1 Å². The highest BCUT2D eigenvalue weighted by Crippen LogP contribution is 2.24. The van der Waals surface area contributed by atoms with E-state index >= 15 is 0 Å². The van der Waals surface area contributed by atoms with Crippen LogP contribution in [0.15, 0.2) is 4.52 Å². The minimum Gasteiger partial charge on any atom is -0.360 e. The van der Waals surface area contributed by atoms with Crippen molar-refractivity contribution in [1.29, 1.82) is 0 Å². The average Bonchev–Trinajstić information content (AvgIpc) is 2.92. The van der Waals surface area contributed by atoms with Gasteiger partial charge in [-0.15, -0.1) is 0 Å². The first-order valence-electron chi connectivity index (χ1n) is 8.86. The molecular weight excluding hydrogens is 290 g/mol.